The molecule has 2 heterocycles. The summed E-state index contributed by atoms with van der Waals surface area (Å²) < 4.78 is 0. The van der Waals surface area contributed by atoms with Crippen LogP contribution in [0.5, 0.6) is 0 Å². The summed E-state index contributed by atoms with van der Waals surface area (Å²) in [4.78, 5) is 11.2. The van der Waals surface area contributed by atoms with Gasteiger partial charge in [0.15, 0.2) is 0 Å². The van der Waals surface area contributed by atoms with Gasteiger partial charge in [-0.2, -0.15) is 0 Å². The Kier molecular flexibility index (Phi) is 5.59. The van der Waals surface area contributed by atoms with Crippen molar-refractivity contribution in [1.29, 1.82) is 0 Å². The number of aromatic nitrogens is 2. The first-order valence-corrected chi connectivity index (χ1v) is 7.76. The Morgan fingerprint density at radius 2 is 2.00 bits per heavy atom. The highest BCUT2D eigenvalue weighted by molar-refractivity contribution is 5.56. The molecule has 0 amide bonds. The number of hydrogen-bond acceptors (Lipinski definition) is 5. The molecule has 5 nitrogen and oxygen atoms in total. The lowest BCUT2D eigenvalue weighted by atomic mass is 10.1. The minimum atomic E-state index is 0.733. The van der Waals surface area contributed by atoms with Crippen LogP contribution in [0.1, 0.15) is 32.3 Å². The maximum absolute atomic E-state index is 4.37. The summed E-state index contributed by atoms with van der Waals surface area (Å²) in [5, 5.41) is 6.85. The monoisotopic (exact) mass is 277 g/mol. The molecule has 1 aromatic rings. The van der Waals surface area contributed by atoms with Gasteiger partial charge in [0.1, 0.15) is 18.0 Å². The summed E-state index contributed by atoms with van der Waals surface area (Å²) in [7, 11) is 0. The third kappa shape index (κ3) is 3.82. The standard InChI is InChI=1S/C15H27N5/c1-4-7-16-14-12(3)15(19-11-18-14)17-9-13-6-8-20(5-2)10-13/h11,13H,4-10H2,1-3H3,(H2,16,17,18,19). The zero-order chi connectivity index (χ0) is 14.4. The van der Waals surface area contributed by atoms with Gasteiger partial charge in [-0.1, -0.05) is 13.8 Å². The second-order valence-corrected chi connectivity index (χ2v) is 5.55. The lowest BCUT2D eigenvalue weighted by Crippen LogP contribution is -2.23. The molecule has 112 valence electrons. The van der Waals surface area contributed by atoms with Crippen LogP contribution in [-0.2, 0) is 0 Å². The van der Waals surface area contributed by atoms with E-state index in [9.17, 15) is 0 Å². The van der Waals surface area contributed by atoms with Crippen molar-refractivity contribution in [2.24, 2.45) is 5.92 Å². The van der Waals surface area contributed by atoms with Crippen LogP contribution < -0.4 is 10.6 Å². The zero-order valence-corrected chi connectivity index (χ0v) is 12.9. The van der Waals surface area contributed by atoms with Gasteiger partial charge in [0.05, 0.1) is 0 Å². The minimum Gasteiger partial charge on any atom is -0.370 e. The predicted octanol–water partition coefficient (Wildman–Crippen LogP) is 2.36. The smallest absolute Gasteiger partial charge is 0.134 e. The molecule has 1 aliphatic rings. The first-order valence-electron chi connectivity index (χ1n) is 7.76. The van der Waals surface area contributed by atoms with Gasteiger partial charge in [-0.3, -0.25) is 0 Å². The van der Waals surface area contributed by atoms with Gasteiger partial charge in [0, 0.05) is 25.2 Å². The van der Waals surface area contributed by atoms with Crippen LogP contribution in [0, 0.1) is 12.8 Å². The van der Waals surface area contributed by atoms with Crippen molar-refractivity contribution >= 4 is 11.6 Å². The number of nitrogens with zero attached hydrogens (tertiary/aromatic N) is 3. The molecule has 0 aliphatic carbocycles. The molecular weight excluding hydrogens is 250 g/mol. The van der Waals surface area contributed by atoms with Gasteiger partial charge in [0.25, 0.3) is 0 Å². The average molecular weight is 277 g/mol. The molecule has 0 saturated carbocycles. The van der Waals surface area contributed by atoms with Gasteiger partial charge >= 0.3 is 0 Å². The maximum Gasteiger partial charge on any atom is 0.134 e. The van der Waals surface area contributed by atoms with Crippen LogP contribution in [0.3, 0.4) is 0 Å². The van der Waals surface area contributed by atoms with Crippen molar-refractivity contribution in [1.82, 2.24) is 14.9 Å². The summed E-state index contributed by atoms with van der Waals surface area (Å²) in [5.74, 6) is 2.65. The molecule has 1 aromatic heterocycles. The number of hydrogen-bond donors (Lipinski definition) is 2. The Bertz CT molecular complexity index is 421. The van der Waals surface area contributed by atoms with E-state index in [0.717, 1.165) is 49.2 Å². The van der Waals surface area contributed by atoms with Gasteiger partial charge in [-0.05, 0) is 38.8 Å². The Hall–Kier alpha value is -1.36. The lowest BCUT2D eigenvalue weighted by Gasteiger charge is -2.16. The molecule has 1 unspecified atom stereocenters. The fourth-order valence-electron chi connectivity index (χ4n) is 2.66. The molecule has 2 N–H and O–H groups in total. The van der Waals surface area contributed by atoms with E-state index in [1.807, 2.05) is 0 Å². The van der Waals surface area contributed by atoms with Gasteiger partial charge in [-0.15, -0.1) is 0 Å². The molecule has 1 fully saturated rings. The van der Waals surface area contributed by atoms with Crippen LogP contribution >= 0.6 is 0 Å². The number of anilines is 2. The van der Waals surface area contributed by atoms with Crippen molar-refractivity contribution in [2.45, 2.75) is 33.6 Å². The summed E-state index contributed by atoms with van der Waals surface area (Å²) in [6.45, 7) is 12.0. The van der Waals surface area contributed by atoms with E-state index in [-0.39, 0.29) is 0 Å². The summed E-state index contributed by atoms with van der Waals surface area (Å²) in [6.07, 6.45) is 4.02. The molecule has 0 radical (unpaired) electrons. The van der Waals surface area contributed by atoms with Gasteiger partial charge in [-0.25, -0.2) is 9.97 Å². The van der Waals surface area contributed by atoms with Crippen molar-refractivity contribution in [2.75, 3.05) is 43.4 Å². The molecule has 0 bridgehead atoms. The second-order valence-electron chi connectivity index (χ2n) is 5.55. The quantitative estimate of drug-likeness (QED) is 0.801. The summed E-state index contributed by atoms with van der Waals surface area (Å²) >= 11 is 0. The molecule has 0 spiro atoms. The molecule has 1 atom stereocenters. The van der Waals surface area contributed by atoms with E-state index < -0.39 is 0 Å². The topological polar surface area (TPSA) is 53.1 Å². The number of likely N-dealkylation sites (tertiary alicyclic amines) is 1. The Morgan fingerprint density at radius 3 is 2.65 bits per heavy atom. The number of nitrogens with one attached hydrogen (secondary N) is 2. The molecule has 0 aromatic carbocycles. The first-order chi connectivity index (χ1) is 9.74. The van der Waals surface area contributed by atoms with Crippen LogP contribution in [0.4, 0.5) is 11.6 Å². The maximum atomic E-state index is 4.37. The highest BCUT2D eigenvalue weighted by atomic mass is 15.1. The normalized spacial score (nSPS) is 19.2. The largest absolute Gasteiger partial charge is 0.370 e. The molecule has 1 saturated heterocycles. The molecule has 20 heavy (non-hydrogen) atoms. The van der Waals surface area contributed by atoms with Crippen molar-refractivity contribution < 1.29 is 0 Å². The van der Waals surface area contributed by atoms with Crippen LogP contribution in [-0.4, -0.2) is 47.6 Å². The van der Waals surface area contributed by atoms with E-state index in [1.165, 1.54) is 19.5 Å². The fourth-order valence-corrected chi connectivity index (χ4v) is 2.66. The second kappa shape index (κ2) is 7.43. The SMILES string of the molecule is CCCNc1ncnc(NCC2CCN(CC)C2)c1C. The van der Waals surface area contributed by atoms with Gasteiger partial charge < -0.3 is 15.5 Å². The third-order valence-electron chi connectivity index (χ3n) is 4.00. The highest BCUT2D eigenvalue weighted by Gasteiger charge is 2.21. The Labute approximate surface area is 122 Å². The molecule has 1 aliphatic heterocycles. The van der Waals surface area contributed by atoms with Gasteiger partial charge in [0.2, 0.25) is 0 Å². The van der Waals surface area contributed by atoms with Crippen LogP contribution in [0.25, 0.3) is 0 Å². The van der Waals surface area contributed by atoms with E-state index in [4.69, 9.17) is 0 Å². The van der Waals surface area contributed by atoms with E-state index in [1.54, 1.807) is 6.33 Å². The molecular formula is C15H27N5. The average Bonchev–Trinajstić information content (AvgIpc) is 2.93. The Morgan fingerprint density at radius 1 is 1.25 bits per heavy atom. The van der Waals surface area contributed by atoms with E-state index in [0.29, 0.717) is 0 Å². The van der Waals surface area contributed by atoms with Crippen LogP contribution in [0.15, 0.2) is 6.33 Å². The number of rotatable bonds is 7. The predicted molar refractivity (Wildman–Crippen MR) is 84.3 cm³/mol. The van der Waals surface area contributed by atoms with Crippen molar-refractivity contribution in [3.63, 3.8) is 0 Å². The minimum absolute atomic E-state index is 0.733. The summed E-state index contributed by atoms with van der Waals surface area (Å²) in [5.41, 5.74) is 1.12. The zero-order valence-electron chi connectivity index (χ0n) is 12.9. The molecule has 2 rings (SSSR count). The third-order valence-corrected chi connectivity index (χ3v) is 4.00. The lowest BCUT2D eigenvalue weighted by molar-refractivity contribution is 0.345. The van der Waals surface area contributed by atoms with E-state index >= 15 is 0 Å². The van der Waals surface area contributed by atoms with Crippen LogP contribution in [0.2, 0.25) is 0 Å². The Balaban J connectivity index is 1.89. The van der Waals surface area contributed by atoms with E-state index in [2.05, 4.69) is 46.3 Å². The first kappa shape index (κ1) is 15.0. The summed E-state index contributed by atoms with van der Waals surface area (Å²) in [6, 6.07) is 0. The molecule has 5 heteroatoms. The van der Waals surface area contributed by atoms with Crippen molar-refractivity contribution in [3.05, 3.63) is 11.9 Å². The van der Waals surface area contributed by atoms with Crippen molar-refractivity contribution in [3.8, 4) is 0 Å². The highest BCUT2D eigenvalue weighted by Crippen LogP contribution is 2.20. The fraction of sp³-hybridized carbons (Fsp3) is 0.733.